The number of fused-ring (bicyclic) bond motifs is 1. The Labute approximate surface area is 165 Å². The van der Waals surface area contributed by atoms with Crippen molar-refractivity contribution in [3.63, 3.8) is 0 Å². The third kappa shape index (κ3) is 3.14. The van der Waals surface area contributed by atoms with Crippen LogP contribution >= 0.6 is 11.6 Å². The number of aromatic nitrogens is 4. The molecule has 0 fully saturated rings. The van der Waals surface area contributed by atoms with Gasteiger partial charge < -0.3 is 10.5 Å². The van der Waals surface area contributed by atoms with Crippen LogP contribution in [-0.2, 0) is 13.7 Å². The van der Waals surface area contributed by atoms with Crippen LogP contribution in [0.3, 0.4) is 0 Å². The maximum absolute atomic E-state index is 15.1. The quantitative estimate of drug-likeness (QED) is 0.555. The van der Waals surface area contributed by atoms with Gasteiger partial charge >= 0.3 is 0 Å². The lowest BCUT2D eigenvalue weighted by Gasteiger charge is -2.15. The molecule has 0 bridgehead atoms. The summed E-state index contributed by atoms with van der Waals surface area (Å²) in [6.07, 6.45) is 3.14. The summed E-state index contributed by atoms with van der Waals surface area (Å²) in [5, 5.41) is 5.15. The number of hydrogen-bond acceptors (Lipinski definition) is 5. The van der Waals surface area contributed by atoms with Crippen molar-refractivity contribution >= 4 is 28.3 Å². The van der Waals surface area contributed by atoms with Crippen LogP contribution in [-0.4, -0.2) is 19.7 Å². The number of ether oxygens (including phenoxy) is 1. The Bertz CT molecular complexity index is 1190. The molecule has 2 N–H and O–H groups in total. The molecule has 8 heteroatoms. The minimum atomic E-state index is -0.556. The van der Waals surface area contributed by atoms with E-state index in [1.165, 1.54) is 12.4 Å². The highest BCUT2D eigenvalue weighted by Gasteiger charge is 2.20. The zero-order chi connectivity index (χ0) is 19.8. The summed E-state index contributed by atoms with van der Waals surface area (Å²) in [4.78, 5) is 8.37. The lowest BCUT2D eigenvalue weighted by Crippen LogP contribution is -2.04. The number of aryl methyl sites for hydroxylation is 1. The summed E-state index contributed by atoms with van der Waals surface area (Å²) in [7, 11) is 1.80. The first-order valence-electron chi connectivity index (χ1n) is 8.55. The smallest absolute Gasteiger partial charge is 0.168 e. The summed E-state index contributed by atoms with van der Waals surface area (Å²) in [6.45, 7) is 1.97. The highest BCUT2D eigenvalue weighted by Crippen LogP contribution is 2.40. The monoisotopic (exact) mass is 397 g/mol. The fourth-order valence-corrected chi connectivity index (χ4v) is 3.31. The third-order valence-corrected chi connectivity index (χ3v) is 4.95. The van der Waals surface area contributed by atoms with E-state index in [1.807, 2.05) is 19.1 Å². The van der Waals surface area contributed by atoms with Crippen LogP contribution < -0.4 is 10.5 Å². The van der Waals surface area contributed by atoms with Crippen molar-refractivity contribution in [2.24, 2.45) is 7.05 Å². The van der Waals surface area contributed by atoms with Crippen LogP contribution in [0, 0.1) is 12.7 Å². The Hall–Kier alpha value is -3.19. The Kier molecular flexibility index (Phi) is 4.60. The largest absolute Gasteiger partial charge is 0.483 e. The first-order chi connectivity index (χ1) is 13.5. The van der Waals surface area contributed by atoms with Crippen molar-refractivity contribution < 1.29 is 9.13 Å². The Morgan fingerprint density at radius 2 is 2.04 bits per heavy atom. The molecule has 0 saturated carbocycles. The topological polar surface area (TPSA) is 78.9 Å². The van der Waals surface area contributed by atoms with Crippen LogP contribution in [0.15, 0.2) is 42.9 Å². The van der Waals surface area contributed by atoms with Gasteiger partial charge in [-0.05, 0) is 36.2 Å². The highest BCUT2D eigenvalue weighted by molar-refractivity contribution is 6.31. The number of halogens is 2. The maximum atomic E-state index is 15.1. The van der Waals surface area contributed by atoms with Gasteiger partial charge in [0.2, 0.25) is 0 Å². The summed E-state index contributed by atoms with van der Waals surface area (Å²) in [5.41, 5.74) is 9.40. The predicted octanol–water partition coefficient (Wildman–Crippen LogP) is 4.29. The molecule has 0 atom stereocenters. The number of nitrogens with zero attached hydrogens (tertiary/aromatic N) is 4. The molecule has 142 valence electrons. The van der Waals surface area contributed by atoms with E-state index in [-0.39, 0.29) is 18.2 Å². The summed E-state index contributed by atoms with van der Waals surface area (Å²) in [5.74, 6) is -0.414. The van der Waals surface area contributed by atoms with Gasteiger partial charge in [0.05, 0.1) is 16.6 Å². The molecule has 6 nitrogen and oxygen atoms in total. The van der Waals surface area contributed by atoms with Gasteiger partial charge in [0, 0.05) is 23.8 Å². The van der Waals surface area contributed by atoms with Crippen LogP contribution in [0.1, 0.15) is 11.3 Å². The van der Waals surface area contributed by atoms with Gasteiger partial charge in [0.25, 0.3) is 0 Å². The van der Waals surface area contributed by atoms with E-state index in [2.05, 4.69) is 15.1 Å². The summed E-state index contributed by atoms with van der Waals surface area (Å²) in [6, 6.07) is 8.64. The molecule has 0 spiro atoms. The number of benzene rings is 2. The molecule has 2 aromatic carbocycles. The zero-order valence-electron chi connectivity index (χ0n) is 15.3. The maximum Gasteiger partial charge on any atom is 0.168 e. The molecule has 0 amide bonds. The van der Waals surface area contributed by atoms with Gasteiger partial charge in [-0.3, -0.25) is 4.68 Å². The second-order valence-corrected chi connectivity index (χ2v) is 6.81. The second-order valence-electron chi connectivity index (χ2n) is 6.40. The van der Waals surface area contributed by atoms with Gasteiger partial charge in [-0.15, -0.1) is 0 Å². The standard InChI is InChI=1S/C20H17ClFN5O/c1-11-13(4-3-5-15(11)21)14-8-16(22)19(17-18(14)24-10-25-20(17)23)28-9-12-6-7-27(2)26-12/h3-8,10H,9H2,1-2H3,(H2,23,24,25). The van der Waals surface area contributed by atoms with E-state index < -0.39 is 5.82 Å². The molecule has 28 heavy (non-hydrogen) atoms. The molecule has 0 aliphatic carbocycles. The van der Waals surface area contributed by atoms with Gasteiger partial charge in [-0.1, -0.05) is 23.7 Å². The molecule has 0 radical (unpaired) electrons. The molecule has 0 unspecified atom stereocenters. The zero-order valence-corrected chi connectivity index (χ0v) is 16.0. The van der Waals surface area contributed by atoms with Crippen molar-refractivity contribution in [3.8, 4) is 16.9 Å². The van der Waals surface area contributed by atoms with E-state index in [9.17, 15) is 0 Å². The van der Waals surface area contributed by atoms with Crippen molar-refractivity contribution in [1.29, 1.82) is 0 Å². The van der Waals surface area contributed by atoms with E-state index >= 15 is 4.39 Å². The minimum Gasteiger partial charge on any atom is -0.483 e. The van der Waals surface area contributed by atoms with Crippen molar-refractivity contribution in [2.45, 2.75) is 13.5 Å². The fraction of sp³-hybridized carbons (Fsp3) is 0.150. The van der Waals surface area contributed by atoms with Gasteiger partial charge in [0.1, 0.15) is 18.8 Å². The average molecular weight is 398 g/mol. The summed E-state index contributed by atoms with van der Waals surface area (Å²) < 4.78 is 22.5. The molecule has 0 saturated heterocycles. The molecule has 0 aliphatic heterocycles. The normalized spacial score (nSPS) is 11.1. The molecule has 2 heterocycles. The number of anilines is 1. The third-order valence-electron chi connectivity index (χ3n) is 4.54. The lowest BCUT2D eigenvalue weighted by atomic mass is 9.97. The number of nitrogen functional groups attached to an aromatic ring is 1. The van der Waals surface area contributed by atoms with Gasteiger partial charge in [0.15, 0.2) is 11.6 Å². The van der Waals surface area contributed by atoms with E-state index in [0.717, 1.165) is 11.1 Å². The van der Waals surface area contributed by atoms with Crippen LogP contribution in [0.25, 0.3) is 22.0 Å². The van der Waals surface area contributed by atoms with Crippen LogP contribution in [0.2, 0.25) is 5.02 Å². The minimum absolute atomic E-state index is 0.00202. The second kappa shape index (κ2) is 7.09. The molecule has 0 aliphatic rings. The van der Waals surface area contributed by atoms with E-state index in [1.54, 1.807) is 30.1 Å². The van der Waals surface area contributed by atoms with E-state index in [0.29, 0.717) is 27.2 Å². The van der Waals surface area contributed by atoms with Gasteiger partial charge in [-0.25, -0.2) is 14.4 Å². The fourth-order valence-electron chi connectivity index (χ4n) is 3.14. The van der Waals surface area contributed by atoms with Gasteiger partial charge in [-0.2, -0.15) is 5.10 Å². The average Bonchev–Trinajstić information content (AvgIpc) is 3.08. The molecular weight excluding hydrogens is 381 g/mol. The summed E-state index contributed by atoms with van der Waals surface area (Å²) >= 11 is 6.25. The van der Waals surface area contributed by atoms with Crippen molar-refractivity contribution in [1.82, 2.24) is 19.7 Å². The first kappa shape index (κ1) is 18.2. The SMILES string of the molecule is Cc1c(Cl)cccc1-c1cc(F)c(OCc2ccn(C)n2)c2c(N)ncnc12. The molecule has 4 aromatic rings. The number of hydrogen-bond donors (Lipinski definition) is 1. The first-order valence-corrected chi connectivity index (χ1v) is 8.93. The Balaban J connectivity index is 1.89. The number of nitrogens with two attached hydrogens (primary N) is 1. The Morgan fingerprint density at radius 3 is 2.79 bits per heavy atom. The van der Waals surface area contributed by atoms with Crippen molar-refractivity contribution in [2.75, 3.05) is 5.73 Å². The Morgan fingerprint density at radius 1 is 1.21 bits per heavy atom. The predicted molar refractivity (Wildman–Crippen MR) is 107 cm³/mol. The van der Waals surface area contributed by atoms with Crippen molar-refractivity contribution in [3.05, 3.63) is 65.0 Å². The molecule has 4 rings (SSSR count). The highest BCUT2D eigenvalue weighted by atomic mass is 35.5. The molecular formula is C20H17ClFN5O. The number of rotatable bonds is 4. The van der Waals surface area contributed by atoms with Crippen LogP contribution in [0.5, 0.6) is 5.75 Å². The lowest BCUT2D eigenvalue weighted by molar-refractivity contribution is 0.289. The van der Waals surface area contributed by atoms with E-state index in [4.69, 9.17) is 22.1 Å². The molecule has 2 aromatic heterocycles. The van der Waals surface area contributed by atoms with Crippen LogP contribution in [0.4, 0.5) is 10.2 Å².